The molecule has 0 unspecified atom stereocenters. The number of aromatic nitrogens is 1. The maximum Gasteiger partial charge on any atom is 0.319 e. The van der Waals surface area contributed by atoms with Crippen LogP contribution in [-0.4, -0.2) is 36.1 Å². The van der Waals surface area contributed by atoms with Crippen LogP contribution in [0.1, 0.15) is 24.5 Å². The average Bonchev–Trinajstić information content (AvgIpc) is 2.75. The summed E-state index contributed by atoms with van der Waals surface area (Å²) >= 11 is 1.67. The summed E-state index contributed by atoms with van der Waals surface area (Å²) in [4.78, 5) is 17.6. The number of nitrogens with zero attached hydrogens (tertiary/aromatic N) is 2. The van der Waals surface area contributed by atoms with E-state index in [-0.39, 0.29) is 5.97 Å². The fourth-order valence-corrected chi connectivity index (χ4v) is 2.08. The second-order valence-electron chi connectivity index (χ2n) is 3.47. The number of esters is 1. The Labute approximate surface area is 100 Å². The Hall–Kier alpha value is -0.940. The summed E-state index contributed by atoms with van der Waals surface area (Å²) in [5.74, 6) is -0.201. The molecule has 0 saturated heterocycles. The highest BCUT2D eigenvalue weighted by Gasteiger charge is 2.11. The van der Waals surface area contributed by atoms with E-state index >= 15 is 0 Å². The lowest BCUT2D eigenvalue weighted by atomic mass is 10.4. The fourth-order valence-electron chi connectivity index (χ4n) is 1.34. The molecule has 16 heavy (non-hydrogen) atoms. The SMILES string of the molecule is CCc1nc(CN(CC)CC(=O)OC)cs1. The second kappa shape index (κ2) is 6.60. The first-order valence-corrected chi connectivity index (χ1v) is 6.30. The Bertz CT molecular complexity index is 338. The summed E-state index contributed by atoms with van der Waals surface area (Å²) in [6, 6.07) is 0. The van der Waals surface area contributed by atoms with Crippen molar-refractivity contribution in [2.75, 3.05) is 20.2 Å². The monoisotopic (exact) mass is 242 g/mol. The van der Waals surface area contributed by atoms with E-state index in [2.05, 4.69) is 22.0 Å². The second-order valence-corrected chi connectivity index (χ2v) is 4.41. The average molecular weight is 242 g/mol. The molecule has 0 spiro atoms. The lowest BCUT2D eigenvalue weighted by Crippen LogP contribution is -2.30. The zero-order chi connectivity index (χ0) is 12.0. The first-order valence-electron chi connectivity index (χ1n) is 5.42. The number of thiazole rings is 1. The number of hydrogen-bond donors (Lipinski definition) is 0. The first-order chi connectivity index (χ1) is 7.69. The smallest absolute Gasteiger partial charge is 0.319 e. The molecule has 1 heterocycles. The number of methoxy groups -OCH3 is 1. The largest absolute Gasteiger partial charge is 0.468 e. The van der Waals surface area contributed by atoms with E-state index in [1.807, 2.05) is 11.8 Å². The standard InChI is InChI=1S/C11H18N2O2S/c1-4-10-12-9(8-16-10)6-13(5-2)7-11(14)15-3/h8H,4-7H2,1-3H3. The van der Waals surface area contributed by atoms with E-state index < -0.39 is 0 Å². The van der Waals surface area contributed by atoms with Crippen LogP contribution in [0.2, 0.25) is 0 Å². The quantitative estimate of drug-likeness (QED) is 0.712. The normalized spacial score (nSPS) is 10.8. The van der Waals surface area contributed by atoms with Crippen molar-refractivity contribution in [3.05, 3.63) is 16.1 Å². The van der Waals surface area contributed by atoms with Crippen molar-refractivity contribution >= 4 is 17.3 Å². The van der Waals surface area contributed by atoms with Gasteiger partial charge in [-0.25, -0.2) is 4.98 Å². The van der Waals surface area contributed by atoms with Gasteiger partial charge in [-0.3, -0.25) is 9.69 Å². The molecule has 90 valence electrons. The Morgan fingerprint density at radius 1 is 1.56 bits per heavy atom. The maximum atomic E-state index is 11.2. The minimum atomic E-state index is -0.201. The van der Waals surface area contributed by atoms with Crippen LogP contribution in [0, 0.1) is 0 Å². The van der Waals surface area contributed by atoms with Gasteiger partial charge in [0.05, 0.1) is 24.4 Å². The van der Waals surface area contributed by atoms with E-state index in [0.29, 0.717) is 13.1 Å². The van der Waals surface area contributed by atoms with Gasteiger partial charge in [-0.2, -0.15) is 0 Å². The van der Waals surface area contributed by atoms with Crippen molar-refractivity contribution < 1.29 is 9.53 Å². The molecule has 0 atom stereocenters. The summed E-state index contributed by atoms with van der Waals surface area (Å²) in [6.07, 6.45) is 0.966. The van der Waals surface area contributed by atoms with Gasteiger partial charge in [0.15, 0.2) is 0 Å². The lowest BCUT2D eigenvalue weighted by molar-refractivity contribution is -0.142. The van der Waals surface area contributed by atoms with Crippen molar-refractivity contribution in [1.82, 2.24) is 9.88 Å². The molecule has 4 nitrogen and oxygen atoms in total. The zero-order valence-electron chi connectivity index (χ0n) is 10.0. The summed E-state index contributed by atoms with van der Waals surface area (Å²) in [7, 11) is 1.41. The number of likely N-dealkylation sites (N-methyl/N-ethyl adjacent to an activating group) is 1. The molecular formula is C11H18N2O2S. The Morgan fingerprint density at radius 2 is 2.31 bits per heavy atom. The first kappa shape index (κ1) is 13.1. The Kier molecular flexibility index (Phi) is 5.42. The highest BCUT2D eigenvalue weighted by molar-refractivity contribution is 7.09. The van der Waals surface area contributed by atoms with Crippen LogP contribution in [0.5, 0.6) is 0 Å². The van der Waals surface area contributed by atoms with Crippen LogP contribution < -0.4 is 0 Å². The Balaban J connectivity index is 2.52. The third kappa shape index (κ3) is 3.90. The van der Waals surface area contributed by atoms with Gasteiger partial charge in [-0.1, -0.05) is 13.8 Å². The van der Waals surface area contributed by atoms with Crippen LogP contribution in [0.25, 0.3) is 0 Å². The van der Waals surface area contributed by atoms with Gasteiger partial charge < -0.3 is 4.74 Å². The minimum Gasteiger partial charge on any atom is -0.468 e. The van der Waals surface area contributed by atoms with Gasteiger partial charge in [-0.05, 0) is 13.0 Å². The molecule has 0 aliphatic rings. The summed E-state index contributed by atoms with van der Waals surface area (Å²) in [6.45, 7) is 5.97. The van der Waals surface area contributed by atoms with Crippen molar-refractivity contribution in [3.63, 3.8) is 0 Å². The van der Waals surface area contributed by atoms with Gasteiger partial charge in [0.1, 0.15) is 0 Å². The summed E-state index contributed by atoms with van der Waals surface area (Å²) in [5.41, 5.74) is 1.03. The molecule has 0 bridgehead atoms. The molecule has 5 heteroatoms. The number of aryl methyl sites for hydroxylation is 1. The molecule has 0 radical (unpaired) electrons. The molecule has 0 aliphatic heterocycles. The highest BCUT2D eigenvalue weighted by atomic mass is 32.1. The molecule has 0 saturated carbocycles. The van der Waals surface area contributed by atoms with E-state index in [1.165, 1.54) is 7.11 Å². The highest BCUT2D eigenvalue weighted by Crippen LogP contribution is 2.12. The number of carbonyl (C=O) groups excluding carboxylic acids is 1. The fraction of sp³-hybridized carbons (Fsp3) is 0.636. The van der Waals surface area contributed by atoms with Gasteiger partial charge >= 0.3 is 5.97 Å². The van der Waals surface area contributed by atoms with Crippen LogP contribution in [0.4, 0.5) is 0 Å². The van der Waals surface area contributed by atoms with Crippen LogP contribution in [0.3, 0.4) is 0 Å². The predicted octanol–water partition coefficient (Wildman–Crippen LogP) is 1.70. The molecule has 1 aromatic heterocycles. The molecular weight excluding hydrogens is 224 g/mol. The number of rotatable bonds is 6. The molecule has 0 fully saturated rings. The molecule has 0 N–H and O–H groups in total. The third-order valence-corrected chi connectivity index (χ3v) is 3.36. The van der Waals surface area contributed by atoms with E-state index in [9.17, 15) is 4.79 Å². The topological polar surface area (TPSA) is 42.4 Å². The summed E-state index contributed by atoms with van der Waals surface area (Å²) < 4.78 is 4.65. The van der Waals surface area contributed by atoms with Gasteiger partial charge in [0.25, 0.3) is 0 Å². The maximum absolute atomic E-state index is 11.2. The molecule has 0 aliphatic carbocycles. The van der Waals surface area contributed by atoms with Crippen molar-refractivity contribution in [2.45, 2.75) is 26.8 Å². The predicted molar refractivity (Wildman–Crippen MR) is 64.5 cm³/mol. The van der Waals surface area contributed by atoms with Crippen LogP contribution in [0.15, 0.2) is 5.38 Å². The van der Waals surface area contributed by atoms with E-state index in [4.69, 9.17) is 0 Å². The van der Waals surface area contributed by atoms with Crippen molar-refractivity contribution in [1.29, 1.82) is 0 Å². The van der Waals surface area contributed by atoms with Crippen LogP contribution >= 0.6 is 11.3 Å². The molecule has 0 amide bonds. The van der Waals surface area contributed by atoms with Gasteiger partial charge in [-0.15, -0.1) is 11.3 Å². The lowest BCUT2D eigenvalue weighted by Gasteiger charge is -2.17. The number of ether oxygens (including phenoxy) is 1. The Morgan fingerprint density at radius 3 is 2.81 bits per heavy atom. The molecule has 1 aromatic rings. The number of hydrogen-bond acceptors (Lipinski definition) is 5. The van der Waals surface area contributed by atoms with Gasteiger partial charge in [0, 0.05) is 11.9 Å². The minimum absolute atomic E-state index is 0.201. The molecule has 1 rings (SSSR count). The van der Waals surface area contributed by atoms with Crippen molar-refractivity contribution in [2.24, 2.45) is 0 Å². The third-order valence-electron chi connectivity index (χ3n) is 2.31. The molecule has 0 aromatic carbocycles. The number of carbonyl (C=O) groups is 1. The van der Waals surface area contributed by atoms with E-state index in [0.717, 1.165) is 23.7 Å². The van der Waals surface area contributed by atoms with E-state index in [1.54, 1.807) is 11.3 Å². The van der Waals surface area contributed by atoms with Gasteiger partial charge in [0.2, 0.25) is 0 Å². The summed E-state index contributed by atoms with van der Waals surface area (Å²) in [5, 5.41) is 3.20. The van der Waals surface area contributed by atoms with Crippen LogP contribution in [-0.2, 0) is 22.5 Å². The van der Waals surface area contributed by atoms with Crippen molar-refractivity contribution in [3.8, 4) is 0 Å². The zero-order valence-corrected chi connectivity index (χ0v) is 10.8.